The van der Waals surface area contributed by atoms with Gasteiger partial charge < -0.3 is 14.6 Å². The maximum atomic E-state index is 10.8. The molecule has 1 N–H and O–H groups in total. The first-order chi connectivity index (χ1) is 6.66. The van der Waals surface area contributed by atoms with Gasteiger partial charge in [0.1, 0.15) is 11.7 Å². The Morgan fingerprint density at radius 1 is 1.79 bits per heavy atom. The van der Waals surface area contributed by atoms with Crippen molar-refractivity contribution in [1.29, 1.82) is 0 Å². The smallest absolute Gasteiger partial charge is 0.342 e. The van der Waals surface area contributed by atoms with E-state index in [2.05, 4.69) is 5.10 Å². The molecule has 1 aliphatic rings. The van der Waals surface area contributed by atoms with Gasteiger partial charge in [0, 0.05) is 13.2 Å². The van der Waals surface area contributed by atoms with Crippen molar-refractivity contribution in [1.82, 2.24) is 9.78 Å². The van der Waals surface area contributed by atoms with Gasteiger partial charge in [-0.1, -0.05) is 0 Å². The van der Waals surface area contributed by atoms with Crippen LogP contribution in [0.3, 0.4) is 0 Å². The number of aromatic nitrogens is 2. The van der Waals surface area contributed by atoms with E-state index in [0.29, 0.717) is 13.2 Å². The second kappa shape index (κ2) is 3.30. The van der Waals surface area contributed by atoms with E-state index >= 15 is 0 Å². The van der Waals surface area contributed by atoms with Crippen LogP contribution in [0.4, 0.5) is 0 Å². The molecule has 0 bridgehead atoms. The second-order valence-corrected chi connectivity index (χ2v) is 3.10. The number of rotatable bonds is 3. The van der Waals surface area contributed by atoms with Crippen LogP contribution in [-0.2, 0) is 11.8 Å². The van der Waals surface area contributed by atoms with E-state index < -0.39 is 5.97 Å². The van der Waals surface area contributed by atoms with E-state index in [1.807, 2.05) is 0 Å². The van der Waals surface area contributed by atoms with Gasteiger partial charge in [-0.05, 0) is 0 Å². The zero-order chi connectivity index (χ0) is 10.1. The van der Waals surface area contributed by atoms with Gasteiger partial charge in [0.2, 0.25) is 5.88 Å². The molecule has 6 nitrogen and oxygen atoms in total. The Balaban J connectivity index is 2.17. The fourth-order valence-corrected chi connectivity index (χ4v) is 1.14. The molecule has 6 heteroatoms. The van der Waals surface area contributed by atoms with Gasteiger partial charge in [0.15, 0.2) is 0 Å². The minimum absolute atomic E-state index is 0.0667. The number of carboxylic acids is 1. The van der Waals surface area contributed by atoms with Gasteiger partial charge in [-0.15, -0.1) is 5.10 Å². The molecule has 0 spiro atoms. The minimum Gasteiger partial charge on any atom is -0.477 e. The van der Waals surface area contributed by atoms with Crippen LogP contribution in [0.15, 0.2) is 6.20 Å². The molecular formula is C8H10N2O4. The zero-order valence-corrected chi connectivity index (χ0v) is 7.64. The van der Waals surface area contributed by atoms with Crippen molar-refractivity contribution < 1.29 is 19.4 Å². The largest absolute Gasteiger partial charge is 0.477 e. The number of carboxylic acid groups (broad SMARTS) is 1. The van der Waals surface area contributed by atoms with Crippen LogP contribution in [-0.4, -0.2) is 40.2 Å². The van der Waals surface area contributed by atoms with E-state index in [-0.39, 0.29) is 17.5 Å². The Bertz CT molecular complexity index is 356. The molecule has 0 saturated carbocycles. The highest BCUT2D eigenvalue weighted by Crippen LogP contribution is 2.19. The zero-order valence-electron chi connectivity index (χ0n) is 7.64. The summed E-state index contributed by atoms with van der Waals surface area (Å²) >= 11 is 0. The highest BCUT2D eigenvalue weighted by Gasteiger charge is 2.24. The van der Waals surface area contributed by atoms with Gasteiger partial charge in [-0.25, -0.2) is 4.79 Å². The lowest BCUT2D eigenvalue weighted by atomic mass is 10.3. The third kappa shape index (κ3) is 1.56. The van der Waals surface area contributed by atoms with Crippen molar-refractivity contribution in [2.45, 2.75) is 6.10 Å². The molecule has 1 aromatic heterocycles. The van der Waals surface area contributed by atoms with Crippen LogP contribution >= 0.6 is 0 Å². The summed E-state index contributed by atoms with van der Waals surface area (Å²) in [5.74, 6) is -0.873. The van der Waals surface area contributed by atoms with Crippen LogP contribution < -0.4 is 4.74 Å². The van der Waals surface area contributed by atoms with Gasteiger partial charge >= 0.3 is 5.97 Å². The predicted molar refractivity (Wildman–Crippen MR) is 45.4 cm³/mol. The van der Waals surface area contributed by atoms with Crippen LogP contribution in [0.25, 0.3) is 0 Å². The van der Waals surface area contributed by atoms with Crippen molar-refractivity contribution in [3.63, 3.8) is 0 Å². The normalized spacial score (nSPS) is 16.4. The van der Waals surface area contributed by atoms with E-state index in [1.54, 1.807) is 7.05 Å². The first kappa shape index (κ1) is 9.01. The van der Waals surface area contributed by atoms with Crippen LogP contribution in [0.1, 0.15) is 10.4 Å². The van der Waals surface area contributed by atoms with Crippen molar-refractivity contribution in [2.24, 2.45) is 7.05 Å². The lowest BCUT2D eigenvalue weighted by Gasteiger charge is -2.25. The average molecular weight is 198 g/mol. The number of hydrogen-bond donors (Lipinski definition) is 1. The quantitative estimate of drug-likeness (QED) is 0.733. The van der Waals surface area contributed by atoms with Gasteiger partial charge in [-0.2, -0.15) is 0 Å². The Morgan fingerprint density at radius 2 is 2.50 bits per heavy atom. The summed E-state index contributed by atoms with van der Waals surface area (Å²) in [6.45, 7) is 0.991. The summed E-state index contributed by atoms with van der Waals surface area (Å²) in [7, 11) is 1.65. The summed E-state index contributed by atoms with van der Waals surface area (Å²) in [6.07, 6.45) is 1.35. The Hall–Kier alpha value is -1.56. The van der Waals surface area contributed by atoms with E-state index in [1.165, 1.54) is 10.9 Å². The van der Waals surface area contributed by atoms with Crippen molar-refractivity contribution in [2.75, 3.05) is 13.2 Å². The van der Waals surface area contributed by atoms with E-state index in [9.17, 15) is 4.79 Å². The number of hydrogen-bond acceptors (Lipinski definition) is 4. The van der Waals surface area contributed by atoms with Crippen molar-refractivity contribution in [3.05, 3.63) is 11.8 Å². The molecule has 76 valence electrons. The maximum Gasteiger partial charge on any atom is 0.342 e. The van der Waals surface area contributed by atoms with E-state index in [4.69, 9.17) is 14.6 Å². The Kier molecular flexibility index (Phi) is 2.12. The molecule has 0 aliphatic carbocycles. The number of nitrogens with zero attached hydrogens (tertiary/aromatic N) is 2. The summed E-state index contributed by atoms with van der Waals surface area (Å²) in [5, 5.41) is 12.7. The molecule has 0 atom stereocenters. The molecule has 14 heavy (non-hydrogen) atoms. The molecule has 1 saturated heterocycles. The number of ether oxygens (including phenoxy) is 2. The third-order valence-corrected chi connectivity index (χ3v) is 1.91. The number of aryl methyl sites for hydroxylation is 1. The Morgan fingerprint density at radius 3 is 3.00 bits per heavy atom. The molecule has 0 unspecified atom stereocenters. The molecule has 2 heterocycles. The molecule has 1 fully saturated rings. The SMILES string of the molecule is Cn1cc(C(=O)O)c(OC2COC2)n1. The highest BCUT2D eigenvalue weighted by atomic mass is 16.6. The van der Waals surface area contributed by atoms with Gasteiger partial charge in [0.05, 0.1) is 13.2 Å². The third-order valence-electron chi connectivity index (χ3n) is 1.91. The first-order valence-electron chi connectivity index (χ1n) is 4.18. The van der Waals surface area contributed by atoms with Crippen molar-refractivity contribution in [3.8, 4) is 5.88 Å². The Labute approximate surface area is 80.0 Å². The number of carbonyl (C=O) groups is 1. The lowest BCUT2D eigenvalue weighted by molar-refractivity contribution is -0.0817. The summed E-state index contributed by atoms with van der Waals surface area (Å²) in [5.41, 5.74) is 0.0828. The lowest BCUT2D eigenvalue weighted by Crippen LogP contribution is -2.39. The summed E-state index contributed by atoms with van der Waals surface area (Å²) < 4.78 is 11.6. The van der Waals surface area contributed by atoms with Crippen molar-refractivity contribution >= 4 is 5.97 Å². The summed E-state index contributed by atoms with van der Waals surface area (Å²) in [6, 6.07) is 0. The molecule has 0 amide bonds. The molecule has 1 aliphatic heterocycles. The predicted octanol–water partition coefficient (Wildman–Crippen LogP) is -0.104. The molecule has 0 aromatic carbocycles. The van der Waals surface area contributed by atoms with Crippen LogP contribution in [0, 0.1) is 0 Å². The molecular weight excluding hydrogens is 188 g/mol. The fourth-order valence-electron chi connectivity index (χ4n) is 1.14. The molecule has 2 rings (SSSR count). The topological polar surface area (TPSA) is 73.6 Å². The number of aromatic carboxylic acids is 1. The van der Waals surface area contributed by atoms with Gasteiger partial charge in [-0.3, -0.25) is 4.68 Å². The van der Waals surface area contributed by atoms with Crippen LogP contribution in [0.5, 0.6) is 5.88 Å². The minimum atomic E-state index is -1.03. The highest BCUT2D eigenvalue weighted by molar-refractivity contribution is 5.89. The first-order valence-corrected chi connectivity index (χ1v) is 4.18. The standard InChI is InChI=1S/C8H10N2O4/c1-10-2-6(8(11)12)7(9-10)14-5-3-13-4-5/h2,5H,3-4H2,1H3,(H,11,12). The molecule has 0 radical (unpaired) electrons. The summed E-state index contributed by atoms with van der Waals surface area (Å²) in [4.78, 5) is 10.8. The second-order valence-electron chi connectivity index (χ2n) is 3.10. The average Bonchev–Trinajstić information content (AvgIpc) is 2.39. The molecule has 1 aromatic rings. The van der Waals surface area contributed by atoms with E-state index in [0.717, 1.165) is 0 Å². The fraction of sp³-hybridized carbons (Fsp3) is 0.500. The monoisotopic (exact) mass is 198 g/mol. The maximum absolute atomic E-state index is 10.8. The van der Waals surface area contributed by atoms with Crippen LogP contribution in [0.2, 0.25) is 0 Å². The van der Waals surface area contributed by atoms with Gasteiger partial charge in [0.25, 0.3) is 0 Å².